The maximum Gasteiger partial charge on any atom is 0.264 e. The summed E-state index contributed by atoms with van der Waals surface area (Å²) in [5.74, 6) is 0.618. The second-order valence-corrected chi connectivity index (χ2v) is 5.91. The summed E-state index contributed by atoms with van der Waals surface area (Å²) in [7, 11) is -3.43. The van der Waals surface area contributed by atoms with Gasteiger partial charge in [-0.05, 0) is 26.0 Å². The quantitative estimate of drug-likeness (QED) is 0.808. The summed E-state index contributed by atoms with van der Waals surface area (Å²) in [5.41, 5.74) is 1.04. The highest BCUT2D eigenvalue weighted by Gasteiger charge is 2.23. The van der Waals surface area contributed by atoms with Crippen LogP contribution in [0.3, 0.4) is 0 Å². The lowest BCUT2D eigenvalue weighted by Gasteiger charge is -2.25. The molecule has 0 atom stereocenters. The summed E-state index contributed by atoms with van der Waals surface area (Å²) in [5, 5.41) is 0. The minimum atomic E-state index is -3.43. The molecule has 0 amide bonds. The highest BCUT2D eigenvalue weighted by Crippen LogP contribution is 2.19. The lowest BCUT2D eigenvalue weighted by molar-refractivity contribution is 0.175. The van der Waals surface area contributed by atoms with Crippen LogP contribution in [0.2, 0.25) is 0 Å². The van der Waals surface area contributed by atoms with E-state index in [1.165, 1.54) is 10.5 Å². The number of allylic oxidation sites excluding steroid dienone is 1. The number of rotatable bonds is 2. The number of benzene rings is 1. The standard InChI is InChI=1S/C12H15NO3S/c1-10-3-5-12(6-4-10)17(14,15)13-7-8-16-11(2)9-13/h3-6,9H,7-8H2,1-2H3. The van der Waals surface area contributed by atoms with Crippen molar-refractivity contribution in [1.29, 1.82) is 0 Å². The van der Waals surface area contributed by atoms with Crippen molar-refractivity contribution in [1.82, 2.24) is 4.31 Å². The molecular formula is C12H15NO3S. The van der Waals surface area contributed by atoms with E-state index in [0.717, 1.165) is 5.56 Å². The van der Waals surface area contributed by atoms with Gasteiger partial charge in [-0.25, -0.2) is 8.42 Å². The van der Waals surface area contributed by atoms with Gasteiger partial charge in [0.15, 0.2) is 0 Å². The van der Waals surface area contributed by atoms with Crippen LogP contribution in [-0.4, -0.2) is 25.9 Å². The molecule has 1 aromatic rings. The molecule has 5 heteroatoms. The average molecular weight is 253 g/mol. The van der Waals surface area contributed by atoms with E-state index in [1.807, 2.05) is 6.92 Å². The van der Waals surface area contributed by atoms with E-state index in [9.17, 15) is 8.42 Å². The van der Waals surface area contributed by atoms with Gasteiger partial charge >= 0.3 is 0 Å². The van der Waals surface area contributed by atoms with Crippen molar-refractivity contribution in [3.05, 3.63) is 41.8 Å². The van der Waals surface area contributed by atoms with Gasteiger partial charge in [-0.3, -0.25) is 4.31 Å². The van der Waals surface area contributed by atoms with Crippen molar-refractivity contribution in [2.24, 2.45) is 0 Å². The summed E-state index contributed by atoms with van der Waals surface area (Å²) >= 11 is 0. The zero-order chi connectivity index (χ0) is 12.5. The maximum absolute atomic E-state index is 12.3. The van der Waals surface area contributed by atoms with E-state index in [2.05, 4.69) is 0 Å². The monoisotopic (exact) mass is 253 g/mol. The van der Waals surface area contributed by atoms with Crippen molar-refractivity contribution in [2.75, 3.05) is 13.2 Å². The Bertz CT molecular complexity index is 531. The first-order valence-corrected chi connectivity index (χ1v) is 6.84. The fraction of sp³-hybridized carbons (Fsp3) is 0.333. The Morgan fingerprint density at radius 2 is 1.82 bits per heavy atom. The molecular weight excluding hydrogens is 238 g/mol. The molecule has 1 aliphatic rings. The first kappa shape index (κ1) is 12.0. The van der Waals surface area contributed by atoms with Gasteiger partial charge in [0.05, 0.1) is 17.6 Å². The smallest absolute Gasteiger partial charge is 0.264 e. The van der Waals surface area contributed by atoms with Crippen LogP contribution in [0.4, 0.5) is 0 Å². The molecule has 0 saturated heterocycles. The Labute approximate surface area is 102 Å². The zero-order valence-electron chi connectivity index (χ0n) is 9.88. The molecule has 0 N–H and O–H groups in total. The molecule has 1 aliphatic heterocycles. The first-order valence-electron chi connectivity index (χ1n) is 5.40. The molecule has 92 valence electrons. The van der Waals surface area contributed by atoms with E-state index >= 15 is 0 Å². The molecule has 0 aromatic heterocycles. The van der Waals surface area contributed by atoms with Crippen molar-refractivity contribution in [2.45, 2.75) is 18.7 Å². The second kappa shape index (κ2) is 4.41. The molecule has 0 bridgehead atoms. The van der Waals surface area contributed by atoms with Crippen LogP contribution in [0.5, 0.6) is 0 Å². The van der Waals surface area contributed by atoms with Crippen LogP contribution < -0.4 is 0 Å². The van der Waals surface area contributed by atoms with Crippen LogP contribution in [-0.2, 0) is 14.8 Å². The molecule has 0 saturated carbocycles. The minimum Gasteiger partial charge on any atom is -0.495 e. The lowest BCUT2D eigenvalue weighted by Crippen LogP contribution is -2.32. The van der Waals surface area contributed by atoms with Crippen molar-refractivity contribution in [3.8, 4) is 0 Å². The average Bonchev–Trinajstić information content (AvgIpc) is 2.29. The van der Waals surface area contributed by atoms with Gasteiger partial charge in [0, 0.05) is 0 Å². The molecule has 4 nitrogen and oxygen atoms in total. The van der Waals surface area contributed by atoms with Gasteiger partial charge in [0.1, 0.15) is 12.4 Å². The van der Waals surface area contributed by atoms with E-state index < -0.39 is 10.0 Å². The van der Waals surface area contributed by atoms with Gasteiger partial charge in [-0.1, -0.05) is 17.7 Å². The normalized spacial score (nSPS) is 16.4. The largest absolute Gasteiger partial charge is 0.495 e. The number of nitrogens with zero attached hydrogens (tertiary/aromatic N) is 1. The van der Waals surface area contributed by atoms with Gasteiger partial charge in [0.2, 0.25) is 0 Å². The third-order valence-corrected chi connectivity index (χ3v) is 4.37. The minimum absolute atomic E-state index is 0.314. The van der Waals surface area contributed by atoms with Crippen LogP contribution in [0.25, 0.3) is 0 Å². The molecule has 0 fully saturated rings. The highest BCUT2D eigenvalue weighted by molar-refractivity contribution is 7.89. The molecule has 1 heterocycles. The molecule has 17 heavy (non-hydrogen) atoms. The van der Waals surface area contributed by atoms with Crippen LogP contribution in [0, 0.1) is 6.92 Å². The molecule has 0 aliphatic carbocycles. The topological polar surface area (TPSA) is 46.6 Å². The first-order chi connectivity index (χ1) is 8.00. The predicted octanol–water partition coefficient (Wildman–Crippen LogP) is 1.88. The number of hydrogen-bond acceptors (Lipinski definition) is 3. The molecule has 1 aromatic carbocycles. The number of ether oxygens (including phenoxy) is 1. The van der Waals surface area contributed by atoms with E-state index in [1.54, 1.807) is 31.2 Å². The van der Waals surface area contributed by atoms with Crippen molar-refractivity contribution in [3.63, 3.8) is 0 Å². The maximum atomic E-state index is 12.3. The van der Waals surface area contributed by atoms with E-state index in [0.29, 0.717) is 23.8 Å². The van der Waals surface area contributed by atoms with Gasteiger partial charge in [-0.15, -0.1) is 0 Å². The SMILES string of the molecule is CC1=CN(S(=O)(=O)c2ccc(C)cc2)CCO1. The van der Waals surface area contributed by atoms with E-state index in [4.69, 9.17) is 4.74 Å². The molecule has 0 spiro atoms. The summed E-state index contributed by atoms with van der Waals surface area (Å²) in [6, 6.07) is 6.85. The Morgan fingerprint density at radius 1 is 1.18 bits per heavy atom. The lowest BCUT2D eigenvalue weighted by atomic mass is 10.2. The molecule has 0 unspecified atom stereocenters. The van der Waals surface area contributed by atoms with E-state index in [-0.39, 0.29) is 0 Å². The Kier molecular flexibility index (Phi) is 3.11. The number of aryl methyl sites for hydroxylation is 1. The predicted molar refractivity (Wildman–Crippen MR) is 64.8 cm³/mol. The van der Waals surface area contributed by atoms with Crippen molar-refractivity contribution < 1.29 is 13.2 Å². The Hall–Kier alpha value is -1.49. The van der Waals surface area contributed by atoms with Crippen LogP contribution >= 0.6 is 0 Å². The summed E-state index contributed by atoms with van der Waals surface area (Å²) in [4.78, 5) is 0.314. The Morgan fingerprint density at radius 3 is 2.41 bits per heavy atom. The molecule has 0 radical (unpaired) electrons. The fourth-order valence-electron chi connectivity index (χ4n) is 1.64. The Balaban J connectivity index is 2.36. The van der Waals surface area contributed by atoms with Gasteiger partial charge in [-0.2, -0.15) is 0 Å². The summed E-state index contributed by atoms with van der Waals surface area (Å²) in [6.07, 6.45) is 1.53. The summed E-state index contributed by atoms with van der Waals surface area (Å²) < 4.78 is 31.1. The number of hydrogen-bond donors (Lipinski definition) is 0. The summed E-state index contributed by atoms with van der Waals surface area (Å²) in [6.45, 7) is 4.42. The third-order valence-electron chi connectivity index (χ3n) is 2.59. The van der Waals surface area contributed by atoms with Crippen molar-refractivity contribution >= 4 is 10.0 Å². The third kappa shape index (κ3) is 2.44. The van der Waals surface area contributed by atoms with Gasteiger partial charge < -0.3 is 4.74 Å². The fourth-order valence-corrected chi connectivity index (χ4v) is 2.99. The van der Waals surface area contributed by atoms with Crippen LogP contribution in [0.1, 0.15) is 12.5 Å². The highest BCUT2D eigenvalue weighted by atomic mass is 32.2. The second-order valence-electron chi connectivity index (χ2n) is 4.02. The van der Waals surface area contributed by atoms with Gasteiger partial charge in [0.25, 0.3) is 10.0 Å². The molecule has 2 rings (SSSR count). The zero-order valence-corrected chi connectivity index (χ0v) is 10.7. The van der Waals surface area contributed by atoms with Crippen LogP contribution in [0.15, 0.2) is 41.1 Å². The number of sulfonamides is 1.